The van der Waals surface area contributed by atoms with Gasteiger partial charge >= 0.3 is 5.97 Å². The highest BCUT2D eigenvalue weighted by Gasteiger charge is 2.16. The van der Waals surface area contributed by atoms with E-state index in [2.05, 4.69) is 15.5 Å². The number of rotatable bonds is 9. The molecule has 9 nitrogen and oxygen atoms in total. The fraction of sp³-hybridized carbons (Fsp3) is 0.700. The molecule has 0 aliphatic rings. The van der Waals surface area contributed by atoms with Crippen LogP contribution in [0.15, 0.2) is 0 Å². The summed E-state index contributed by atoms with van der Waals surface area (Å²) in [5, 5.41) is 20.0. The second-order valence-corrected chi connectivity index (χ2v) is 4.18. The van der Waals surface area contributed by atoms with Crippen molar-refractivity contribution in [2.75, 3.05) is 13.1 Å². The van der Waals surface area contributed by atoms with Gasteiger partial charge in [0, 0.05) is 6.54 Å². The van der Waals surface area contributed by atoms with Gasteiger partial charge in [-0.25, -0.2) is 4.68 Å². The zero-order chi connectivity index (χ0) is 14.3. The van der Waals surface area contributed by atoms with Crippen LogP contribution in [0.2, 0.25) is 0 Å². The summed E-state index contributed by atoms with van der Waals surface area (Å²) < 4.78 is 1.61. The van der Waals surface area contributed by atoms with E-state index in [0.717, 1.165) is 12.8 Å². The number of carboxylic acid groups (broad SMARTS) is 1. The van der Waals surface area contributed by atoms with Crippen molar-refractivity contribution in [2.24, 2.45) is 5.73 Å². The van der Waals surface area contributed by atoms with Gasteiger partial charge in [0.05, 0.1) is 19.6 Å². The van der Waals surface area contributed by atoms with E-state index in [1.807, 2.05) is 6.92 Å². The first-order valence-electron chi connectivity index (χ1n) is 6.00. The largest absolute Gasteiger partial charge is 0.480 e. The summed E-state index contributed by atoms with van der Waals surface area (Å²) in [7, 11) is 0. The number of hydrogen-bond acceptors (Lipinski definition) is 6. The van der Waals surface area contributed by atoms with E-state index in [4.69, 9.17) is 10.8 Å². The van der Waals surface area contributed by atoms with Gasteiger partial charge in [0.25, 0.3) is 0 Å². The van der Waals surface area contributed by atoms with Gasteiger partial charge in [-0.2, -0.15) is 0 Å². The quantitative estimate of drug-likeness (QED) is 0.579. The number of unbranched alkanes of at least 4 members (excludes halogenated alkanes) is 1. The first kappa shape index (κ1) is 15.0. The Bertz CT molecular complexity index is 417. The second-order valence-electron chi connectivity index (χ2n) is 4.18. The smallest absolute Gasteiger partial charge is 0.317 e. The Labute approximate surface area is 110 Å². The summed E-state index contributed by atoms with van der Waals surface area (Å²) in [6.07, 6.45) is 1.92. The van der Waals surface area contributed by atoms with Crippen LogP contribution >= 0.6 is 0 Å². The minimum Gasteiger partial charge on any atom is -0.480 e. The molecule has 0 saturated heterocycles. The SMILES string of the molecule is CCCCn1nnnc1CN(CC(N)=O)CC(=O)O. The number of nitrogens with two attached hydrogens (primary N) is 1. The van der Waals surface area contributed by atoms with Gasteiger partial charge in [0.15, 0.2) is 5.82 Å². The first-order valence-corrected chi connectivity index (χ1v) is 6.00. The van der Waals surface area contributed by atoms with Crippen LogP contribution in [0.4, 0.5) is 0 Å². The van der Waals surface area contributed by atoms with E-state index >= 15 is 0 Å². The number of amides is 1. The molecule has 0 fully saturated rings. The molecule has 1 aromatic rings. The molecule has 0 saturated carbocycles. The number of aliphatic carboxylic acids is 1. The maximum Gasteiger partial charge on any atom is 0.317 e. The lowest BCUT2D eigenvalue weighted by molar-refractivity contribution is -0.138. The number of carbonyl (C=O) groups excluding carboxylic acids is 1. The van der Waals surface area contributed by atoms with E-state index in [1.54, 1.807) is 4.68 Å². The van der Waals surface area contributed by atoms with Gasteiger partial charge in [0.1, 0.15) is 0 Å². The van der Waals surface area contributed by atoms with Crippen LogP contribution in [0.25, 0.3) is 0 Å². The minimum absolute atomic E-state index is 0.146. The fourth-order valence-corrected chi connectivity index (χ4v) is 1.60. The maximum absolute atomic E-state index is 10.9. The third kappa shape index (κ3) is 5.42. The second kappa shape index (κ2) is 7.41. The summed E-state index contributed by atoms with van der Waals surface area (Å²) in [5.41, 5.74) is 5.08. The van der Waals surface area contributed by atoms with Gasteiger partial charge in [-0.1, -0.05) is 13.3 Å². The number of nitrogens with zero attached hydrogens (tertiary/aromatic N) is 5. The van der Waals surface area contributed by atoms with Crippen molar-refractivity contribution in [1.82, 2.24) is 25.1 Å². The molecule has 1 aromatic heterocycles. The molecule has 1 heterocycles. The molecule has 0 atom stereocenters. The number of carboxylic acids is 1. The van der Waals surface area contributed by atoms with E-state index < -0.39 is 11.9 Å². The number of primary amides is 1. The summed E-state index contributed by atoms with van der Waals surface area (Å²) in [5.74, 6) is -1.10. The first-order chi connectivity index (χ1) is 9.02. The monoisotopic (exact) mass is 270 g/mol. The molecule has 3 N–H and O–H groups in total. The third-order valence-corrected chi connectivity index (χ3v) is 2.43. The highest BCUT2D eigenvalue weighted by atomic mass is 16.4. The van der Waals surface area contributed by atoms with Crippen LogP contribution in [-0.4, -0.2) is 55.2 Å². The third-order valence-electron chi connectivity index (χ3n) is 2.43. The number of aromatic nitrogens is 4. The normalized spacial score (nSPS) is 10.8. The molecule has 1 rings (SSSR count). The molecule has 9 heteroatoms. The van der Waals surface area contributed by atoms with Crippen molar-refractivity contribution in [3.8, 4) is 0 Å². The number of carbonyl (C=O) groups is 2. The zero-order valence-electron chi connectivity index (χ0n) is 10.8. The molecule has 0 unspecified atom stereocenters. The Morgan fingerprint density at radius 1 is 1.42 bits per heavy atom. The summed E-state index contributed by atoms with van der Waals surface area (Å²) >= 11 is 0. The topological polar surface area (TPSA) is 127 Å². The lowest BCUT2D eigenvalue weighted by Gasteiger charge is -2.17. The fourth-order valence-electron chi connectivity index (χ4n) is 1.60. The van der Waals surface area contributed by atoms with Gasteiger partial charge in [-0.15, -0.1) is 5.10 Å². The molecule has 0 aromatic carbocycles. The van der Waals surface area contributed by atoms with Crippen LogP contribution in [-0.2, 0) is 22.7 Å². The molecule has 0 aliphatic heterocycles. The Balaban J connectivity index is 2.69. The van der Waals surface area contributed by atoms with Crippen molar-refractivity contribution in [2.45, 2.75) is 32.9 Å². The highest BCUT2D eigenvalue weighted by molar-refractivity contribution is 5.77. The van der Waals surface area contributed by atoms with Crippen molar-refractivity contribution >= 4 is 11.9 Å². The molecule has 0 bridgehead atoms. The number of tetrazole rings is 1. The Morgan fingerprint density at radius 2 is 2.16 bits per heavy atom. The summed E-state index contributed by atoms with van der Waals surface area (Å²) in [4.78, 5) is 23.0. The molecule has 1 amide bonds. The average molecular weight is 270 g/mol. The molecule has 0 aliphatic carbocycles. The molecule has 19 heavy (non-hydrogen) atoms. The summed E-state index contributed by atoms with van der Waals surface area (Å²) in [6, 6.07) is 0. The van der Waals surface area contributed by atoms with Crippen molar-refractivity contribution in [3.63, 3.8) is 0 Å². The predicted octanol–water partition coefficient (Wildman–Crippen LogP) is -1.15. The van der Waals surface area contributed by atoms with Crippen molar-refractivity contribution < 1.29 is 14.7 Å². The average Bonchev–Trinajstić information content (AvgIpc) is 2.72. The van der Waals surface area contributed by atoms with Crippen LogP contribution in [0, 0.1) is 0 Å². The van der Waals surface area contributed by atoms with Gasteiger partial charge in [-0.3, -0.25) is 14.5 Å². The van der Waals surface area contributed by atoms with E-state index in [9.17, 15) is 9.59 Å². The zero-order valence-corrected chi connectivity index (χ0v) is 10.8. The number of hydrogen-bond donors (Lipinski definition) is 2. The molecule has 106 valence electrons. The van der Waals surface area contributed by atoms with Crippen molar-refractivity contribution in [1.29, 1.82) is 0 Å². The predicted molar refractivity (Wildman–Crippen MR) is 64.8 cm³/mol. The van der Waals surface area contributed by atoms with E-state index in [-0.39, 0.29) is 19.6 Å². The van der Waals surface area contributed by atoms with Gasteiger partial charge < -0.3 is 10.8 Å². The van der Waals surface area contributed by atoms with Crippen LogP contribution in [0.1, 0.15) is 25.6 Å². The Morgan fingerprint density at radius 3 is 2.74 bits per heavy atom. The van der Waals surface area contributed by atoms with Crippen LogP contribution in [0.5, 0.6) is 0 Å². The molecular formula is C10H18N6O3. The number of aryl methyl sites for hydroxylation is 1. The van der Waals surface area contributed by atoms with Crippen LogP contribution in [0.3, 0.4) is 0 Å². The lowest BCUT2D eigenvalue weighted by atomic mass is 10.3. The standard InChI is InChI=1S/C10H18N6O3/c1-2-3-4-16-9(12-13-14-16)6-15(5-8(11)17)7-10(18)19/h2-7H2,1H3,(H2,11,17)(H,18,19). The highest BCUT2D eigenvalue weighted by Crippen LogP contribution is 2.02. The Hall–Kier alpha value is -2.03. The van der Waals surface area contributed by atoms with E-state index in [1.165, 1.54) is 4.90 Å². The Kier molecular flexibility index (Phi) is 5.86. The summed E-state index contributed by atoms with van der Waals surface area (Å²) in [6.45, 7) is 2.45. The maximum atomic E-state index is 10.9. The van der Waals surface area contributed by atoms with E-state index in [0.29, 0.717) is 12.4 Å². The molecule has 0 spiro atoms. The minimum atomic E-state index is -1.03. The molecular weight excluding hydrogens is 252 g/mol. The van der Waals surface area contributed by atoms with Crippen LogP contribution < -0.4 is 5.73 Å². The van der Waals surface area contributed by atoms with Gasteiger partial charge in [0.2, 0.25) is 5.91 Å². The lowest BCUT2D eigenvalue weighted by Crippen LogP contribution is -2.37. The molecule has 0 radical (unpaired) electrons. The van der Waals surface area contributed by atoms with Crippen molar-refractivity contribution in [3.05, 3.63) is 5.82 Å². The van der Waals surface area contributed by atoms with Gasteiger partial charge in [-0.05, 0) is 16.8 Å².